The Labute approximate surface area is 152 Å². The first-order valence-electron chi connectivity index (χ1n) is 7.96. The largest absolute Gasteiger partial charge is 0.442 e. The van der Waals surface area contributed by atoms with Crippen LogP contribution in [0, 0.1) is 0 Å². The van der Waals surface area contributed by atoms with Crippen molar-refractivity contribution >= 4 is 17.6 Å². The number of aliphatic imine (C=N–C) groups is 1. The molecule has 2 amide bonds. The number of halogens is 3. The highest BCUT2D eigenvalue weighted by molar-refractivity contribution is 6.10. The normalized spacial score (nSPS) is 19.8. The van der Waals surface area contributed by atoms with Crippen LogP contribution >= 0.6 is 0 Å². The van der Waals surface area contributed by atoms with E-state index in [9.17, 15) is 22.8 Å². The van der Waals surface area contributed by atoms with Crippen molar-refractivity contribution in [1.82, 2.24) is 15.2 Å². The van der Waals surface area contributed by atoms with Crippen LogP contribution in [-0.4, -0.2) is 39.4 Å². The molecule has 1 N–H and O–H groups in total. The number of hydrogen-bond donors (Lipinski definition) is 1. The maximum Gasteiger partial charge on any atom is 0.442 e. The molecule has 0 spiro atoms. The molecule has 3 rings (SSSR count). The van der Waals surface area contributed by atoms with Gasteiger partial charge in [-0.2, -0.15) is 13.2 Å². The molecule has 0 radical (unpaired) electrons. The Bertz CT molecular complexity index is 884. The van der Waals surface area contributed by atoms with Gasteiger partial charge in [-0.15, -0.1) is 0 Å². The van der Waals surface area contributed by atoms with Crippen molar-refractivity contribution in [2.24, 2.45) is 4.99 Å². The second kappa shape index (κ2) is 6.82. The monoisotopic (exact) mass is 376 g/mol. The van der Waals surface area contributed by atoms with Gasteiger partial charge in [0.15, 0.2) is 0 Å². The van der Waals surface area contributed by atoms with Gasteiger partial charge < -0.3 is 5.32 Å². The number of nitrogens with one attached hydrogen (secondary N) is 1. The fourth-order valence-corrected chi connectivity index (χ4v) is 2.72. The minimum atomic E-state index is -5.12. The standard InChI is InChI=1S/C18H15F3N4O2/c1-12-23-17(18(19,20)21,24-15(26)14-8-5-9-22-10-14)16(27)25(12)11-13-6-3-2-4-7-13/h2-10H,11H2,1H3,(H,24,26). The second-order valence-corrected chi connectivity index (χ2v) is 5.94. The summed E-state index contributed by atoms with van der Waals surface area (Å²) in [5.74, 6) is -2.58. The number of carbonyl (C=O) groups is 2. The highest BCUT2D eigenvalue weighted by atomic mass is 19.4. The number of nitrogens with zero attached hydrogens (tertiary/aromatic N) is 3. The number of pyridine rings is 1. The zero-order valence-corrected chi connectivity index (χ0v) is 14.2. The summed E-state index contributed by atoms with van der Waals surface area (Å²) in [7, 11) is 0. The third-order valence-electron chi connectivity index (χ3n) is 4.09. The van der Waals surface area contributed by atoms with Crippen LogP contribution < -0.4 is 5.32 Å². The first kappa shape index (κ1) is 18.6. The average Bonchev–Trinajstić information content (AvgIpc) is 2.88. The fraction of sp³-hybridized carbons (Fsp3) is 0.222. The Morgan fingerprint density at radius 3 is 2.48 bits per heavy atom. The minimum absolute atomic E-state index is 0.0877. The van der Waals surface area contributed by atoms with Gasteiger partial charge in [-0.05, 0) is 24.6 Å². The third-order valence-corrected chi connectivity index (χ3v) is 4.09. The molecule has 1 atom stereocenters. The summed E-state index contributed by atoms with van der Waals surface area (Å²) in [6.07, 6.45) is -2.63. The number of rotatable bonds is 4. The van der Waals surface area contributed by atoms with Crippen LogP contribution in [0.2, 0.25) is 0 Å². The molecule has 1 aliphatic heterocycles. The van der Waals surface area contributed by atoms with Gasteiger partial charge in [-0.25, -0.2) is 4.99 Å². The van der Waals surface area contributed by atoms with Crippen LogP contribution in [0.25, 0.3) is 0 Å². The summed E-state index contributed by atoms with van der Waals surface area (Å²) in [6.45, 7) is 1.21. The lowest BCUT2D eigenvalue weighted by atomic mass is 10.1. The number of alkyl halides is 3. The summed E-state index contributed by atoms with van der Waals surface area (Å²) in [5.41, 5.74) is -2.83. The van der Waals surface area contributed by atoms with E-state index >= 15 is 0 Å². The number of hydrogen-bond acceptors (Lipinski definition) is 4. The molecule has 0 aliphatic carbocycles. The van der Waals surface area contributed by atoms with Crippen LogP contribution in [0.1, 0.15) is 22.8 Å². The van der Waals surface area contributed by atoms with Crippen LogP contribution in [0.15, 0.2) is 59.9 Å². The Hall–Kier alpha value is -3.23. The van der Waals surface area contributed by atoms with Crippen molar-refractivity contribution in [1.29, 1.82) is 0 Å². The molecule has 1 aliphatic rings. The predicted octanol–water partition coefficient (Wildman–Crippen LogP) is 2.53. The van der Waals surface area contributed by atoms with E-state index < -0.39 is 23.7 Å². The summed E-state index contributed by atoms with van der Waals surface area (Å²) < 4.78 is 41.5. The summed E-state index contributed by atoms with van der Waals surface area (Å²) in [4.78, 5) is 33.1. The van der Waals surface area contributed by atoms with Crippen molar-refractivity contribution in [3.05, 3.63) is 66.0 Å². The van der Waals surface area contributed by atoms with Crippen molar-refractivity contribution in [3.63, 3.8) is 0 Å². The van der Waals surface area contributed by atoms with Gasteiger partial charge in [-0.3, -0.25) is 19.5 Å². The highest BCUT2D eigenvalue weighted by Crippen LogP contribution is 2.38. The fourth-order valence-electron chi connectivity index (χ4n) is 2.72. The van der Waals surface area contributed by atoms with Crippen molar-refractivity contribution in [2.45, 2.75) is 25.3 Å². The molecule has 0 saturated heterocycles. The minimum Gasteiger partial charge on any atom is -0.312 e. The molecule has 6 nitrogen and oxygen atoms in total. The van der Waals surface area contributed by atoms with Crippen LogP contribution in [0.3, 0.4) is 0 Å². The quantitative estimate of drug-likeness (QED) is 0.891. The zero-order chi connectivity index (χ0) is 19.7. The number of carbonyl (C=O) groups excluding carboxylic acids is 2. The zero-order valence-electron chi connectivity index (χ0n) is 14.2. The van der Waals surface area contributed by atoms with E-state index in [2.05, 4.69) is 9.98 Å². The van der Waals surface area contributed by atoms with Gasteiger partial charge in [-0.1, -0.05) is 30.3 Å². The third kappa shape index (κ3) is 3.40. The molecule has 1 aromatic carbocycles. The molecule has 0 fully saturated rings. The molecule has 2 aromatic rings. The van der Waals surface area contributed by atoms with E-state index in [-0.39, 0.29) is 17.9 Å². The lowest BCUT2D eigenvalue weighted by Crippen LogP contribution is -2.63. The SMILES string of the molecule is CC1=NC(NC(=O)c2cccnc2)(C(F)(F)F)C(=O)N1Cc1ccccc1. The molecule has 1 aromatic heterocycles. The Morgan fingerprint density at radius 2 is 1.89 bits per heavy atom. The van der Waals surface area contributed by atoms with Crippen molar-refractivity contribution in [3.8, 4) is 0 Å². The molecule has 27 heavy (non-hydrogen) atoms. The molecule has 0 saturated carbocycles. The van der Waals surface area contributed by atoms with Crippen molar-refractivity contribution in [2.75, 3.05) is 0 Å². The maximum absolute atomic E-state index is 13.8. The van der Waals surface area contributed by atoms with Gasteiger partial charge in [0, 0.05) is 12.4 Å². The molecule has 140 valence electrons. The van der Waals surface area contributed by atoms with Gasteiger partial charge in [0.2, 0.25) is 0 Å². The van der Waals surface area contributed by atoms with Crippen molar-refractivity contribution < 1.29 is 22.8 Å². The van der Waals surface area contributed by atoms with Gasteiger partial charge in [0.1, 0.15) is 5.84 Å². The molecule has 1 unspecified atom stereocenters. The smallest absolute Gasteiger partial charge is 0.312 e. The summed E-state index contributed by atoms with van der Waals surface area (Å²) >= 11 is 0. The van der Waals surface area contributed by atoms with Gasteiger partial charge >= 0.3 is 11.8 Å². The molecular weight excluding hydrogens is 361 g/mol. The second-order valence-electron chi connectivity index (χ2n) is 5.94. The van der Waals surface area contributed by atoms with Gasteiger partial charge in [0.05, 0.1) is 12.1 Å². The summed E-state index contributed by atoms with van der Waals surface area (Å²) in [5, 5.41) is 1.76. The first-order chi connectivity index (χ1) is 12.7. The molecule has 0 bridgehead atoms. The van der Waals surface area contributed by atoms with Crippen LogP contribution in [-0.2, 0) is 11.3 Å². The van der Waals surface area contributed by atoms with E-state index in [1.54, 1.807) is 35.6 Å². The average molecular weight is 376 g/mol. The number of amidine groups is 1. The predicted molar refractivity (Wildman–Crippen MR) is 90.6 cm³/mol. The maximum atomic E-state index is 13.8. The van der Waals surface area contributed by atoms with E-state index in [1.807, 2.05) is 0 Å². The highest BCUT2D eigenvalue weighted by Gasteiger charge is 2.66. The number of amides is 2. The van der Waals surface area contributed by atoms with Crippen LogP contribution in [0.5, 0.6) is 0 Å². The van der Waals surface area contributed by atoms with Crippen LogP contribution in [0.4, 0.5) is 13.2 Å². The van der Waals surface area contributed by atoms with Gasteiger partial charge in [0.25, 0.3) is 11.8 Å². The first-order valence-corrected chi connectivity index (χ1v) is 7.96. The molecule has 9 heteroatoms. The Kier molecular flexibility index (Phi) is 4.69. The summed E-state index contributed by atoms with van der Waals surface area (Å²) in [6, 6.07) is 11.2. The lowest BCUT2D eigenvalue weighted by molar-refractivity contribution is -0.196. The lowest BCUT2D eigenvalue weighted by Gasteiger charge is -2.29. The number of aromatic nitrogens is 1. The van der Waals surface area contributed by atoms with E-state index in [1.165, 1.54) is 25.3 Å². The molecular formula is C18H15F3N4O2. The topological polar surface area (TPSA) is 74.7 Å². The van der Waals surface area contributed by atoms with E-state index in [0.29, 0.717) is 5.56 Å². The van der Waals surface area contributed by atoms with E-state index in [4.69, 9.17) is 0 Å². The van der Waals surface area contributed by atoms with E-state index in [0.717, 1.165) is 11.1 Å². The number of benzene rings is 1. The molecule has 2 heterocycles. The Morgan fingerprint density at radius 1 is 1.19 bits per heavy atom. The Balaban J connectivity index is 1.93.